The van der Waals surface area contributed by atoms with Crippen LogP contribution >= 0.6 is 0 Å². The second-order valence-corrected chi connectivity index (χ2v) is 4.03. The van der Waals surface area contributed by atoms with E-state index in [1.54, 1.807) is 6.92 Å². The van der Waals surface area contributed by atoms with Gasteiger partial charge in [-0.05, 0) is 19.1 Å². The highest BCUT2D eigenvalue weighted by atomic mass is 16.6. The van der Waals surface area contributed by atoms with Crippen molar-refractivity contribution in [2.45, 2.75) is 6.92 Å². The molecule has 1 aromatic carbocycles. The first-order valence-corrected chi connectivity index (χ1v) is 5.74. The summed E-state index contributed by atoms with van der Waals surface area (Å²) >= 11 is 0. The SMILES string of the molecule is Cc1cc(Oc2cnc(C(N)=NO)cn2)ccc1[N+](=O)[O-]. The molecule has 0 amide bonds. The van der Waals surface area contributed by atoms with Crippen LogP contribution in [0.15, 0.2) is 35.7 Å². The third kappa shape index (κ3) is 3.21. The van der Waals surface area contributed by atoms with E-state index in [2.05, 4.69) is 15.1 Å². The number of hydrogen-bond acceptors (Lipinski definition) is 7. The van der Waals surface area contributed by atoms with Gasteiger partial charge in [0, 0.05) is 11.6 Å². The maximum Gasteiger partial charge on any atom is 0.272 e. The van der Waals surface area contributed by atoms with E-state index in [4.69, 9.17) is 15.7 Å². The second kappa shape index (κ2) is 5.82. The molecule has 0 bridgehead atoms. The van der Waals surface area contributed by atoms with E-state index < -0.39 is 4.92 Å². The van der Waals surface area contributed by atoms with Crippen LogP contribution < -0.4 is 10.5 Å². The third-order valence-corrected chi connectivity index (χ3v) is 2.59. The number of oxime groups is 1. The zero-order valence-electron chi connectivity index (χ0n) is 10.9. The number of amidine groups is 1. The summed E-state index contributed by atoms with van der Waals surface area (Å²) in [6.07, 6.45) is 2.58. The summed E-state index contributed by atoms with van der Waals surface area (Å²) in [7, 11) is 0. The van der Waals surface area contributed by atoms with Crippen molar-refractivity contribution in [2.24, 2.45) is 10.9 Å². The zero-order valence-corrected chi connectivity index (χ0v) is 10.9. The molecule has 3 N–H and O–H groups in total. The monoisotopic (exact) mass is 289 g/mol. The molecule has 0 spiro atoms. The van der Waals surface area contributed by atoms with Crippen molar-refractivity contribution in [1.82, 2.24) is 9.97 Å². The molecular weight excluding hydrogens is 278 g/mol. The van der Waals surface area contributed by atoms with Gasteiger partial charge >= 0.3 is 0 Å². The molecular formula is C12H11N5O4. The molecule has 108 valence electrons. The Hall–Kier alpha value is -3.23. The summed E-state index contributed by atoms with van der Waals surface area (Å²) in [5, 5.41) is 22.0. The largest absolute Gasteiger partial charge is 0.437 e. The van der Waals surface area contributed by atoms with E-state index in [9.17, 15) is 10.1 Å². The lowest BCUT2D eigenvalue weighted by molar-refractivity contribution is -0.385. The van der Waals surface area contributed by atoms with Crippen molar-refractivity contribution in [1.29, 1.82) is 0 Å². The van der Waals surface area contributed by atoms with Crippen molar-refractivity contribution >= 4 is 11.5 Å². The quantitative estimate of drug-likeness (QED) is 0.286. The van der Waals surface area contributed by atoms with E-state index in [1.807, 2.05) is 0 Å². The minimum atomic E-state index is -0.468. The molecule has 2 rings (SSSR count). The Balaban J connectivity index is 2.19. The van der Waals surface area contributed by atoms with Gasteiger partial charge in [-0.3, -0.25) is 10.1 Å². The van der Waals surface area contributed by atoms with Crippen molar-refractivity contribution in [3.8, 4) is 11.6 Å². The van der Waals surface area contributed by atoms with Crippen LogP contribution in [0.25, 0.3) is 0 Å². The summed E-state index contributed by atoms with van der Waals surface area (Å²) in [6.45, 7) is 1.61. The molecule has 0 fully saturated rings. The van der Waals surface area contributed by atoms with Gasteiger partial charge < -0.3 is 15.7 Å². The van der Waals surface area contributed by atoms with Crippen molar-refractivity contribution < 1.29 is 14.9 Å². The number of nitro benzene ring substituents is 1. The van der Waals surface area contributed by atoms with Gasteiger partial charge in [0.05, 0.1) is 17.3 Å². The molecule has 0 radical (unpaired) electrons. The molecule has 9 heteroatoms. The molecule has 0 saturated carbocycles. The van der Waals surface area contributed by atoms with Gasteiger partial charge in [0.25, 0.3) is 5.69 Å². The Morgan fingerprint density at radius 2 is 2.19 bits per heavy atom. The van der Waals surface area contributed by atoms with Crippen molar-refractivity contribution in [3.05, 3.63) is 52.0 Å². The molecule has 1 heterocycles. The average Bonchev–Trinajstić information content (AvgIpc) is 2.47. The summed E-state index contributed by atoms with van der Waals surface area (Å²) in [4.78, 5) is 18.1. The topological polar surface area (TPSA) is 137 Å². The molecule has 0 saturated heterocycles. The van der Waals surface area contributed by atoms with E-state index in [0.717, 1.165) is 0 Å². The number of aromatic nitrogens is 2. The van der Waals surface area contributed by atoms with Crippen LogP contribution in [-0.2, 0) is 0 Å². The van der Waals surface area contributed by atoms with Gasteiger partial charge in [0.1, 0.15) is 11.4 Å². The van der Waals surface area contributed by atoms with Crippen LogP contribution in [0.2, 0.25) is 0 Å². The van der Waals surface area contributed by atoms with Gasteiger partial charge in [-0.15, -0.1) is 0 Å². The van der Waals surface area contributed by atoms with Crippen LogP contribution in [0.3, 0.4) is 0 Å². The molecule has 0 aliphatic heterocycles. The fourth-order valence-electron chi connectivity index (χ4n) is 1.57. The molecule has 0 aliphatic carbocycles. The number of benzene rings is 1. The van der Waals surface area contributed by atoms with Crippen LogP contribution in [0.4, 0.5) is 5.69 Å². The van der Waals surface area contributed by atoms with Gasteiger partial charge in [-0.1, -0.05) is 5.16 Å². The summed E-state index contributed by atoms with van der Waals surface area (Å²) in [5.74, 6) is 0.405. The molecule has 0 aliphatic rings. The first-order chi connectivity index (χ1) is 10.0. The van der Waals surface area contributed by atoms with Crippen molar-refractivity contribution in [3.63, 3.8) is 0 Å². The van der Waals surface area contributed by atoms with Crippen LogP contribution in [0.1, 0.15) is 11.3 Å². The first-order valence-electron chi connectivity index (χ1n) is 5.74. The standard InChI is InChI=1S/C12H11N5O4/c1-7-4-8(2-3-10(7)17(19)20)21-11-6-14-9(5-15-11)12(13)16-18/h2-6,18H,1H3,(H2,13,16). The highest BCUT2D eigenvalue weighted by molar-refractivity contribution is 5.94. The zero-order chi connectivity index (χ0) is 15.4. The number of nitrogens with zero attached hydrogens (tertiary/aromatic N) is 4. The highest BCUT2D eigenvalue weighted by Gasteiger charge is 2.11. The molecule has 9 nitrogen and oxygen atoms in total. The number of nitro groups is 1. The second-order valence-electron chi connectivity index (χ2n) is 4.03. The van der Waals surface area contributed by atoms with Crippen LogP contribution in [0, 0.1) is 17.0 Å². The summed E-state index contributed by atoms with van der Waals surface area (Å²) in [6, 6.07) is 4.34. The predicted octanol–water partition coefficient (Wildman–Crippen LogP) is 1.58. The maximum atomic E-state index is 10.7. The number of ether oxygens (including phenoxy) is 1. The number of nitrogens with two attached hydrogens (primary N) is 1. The molecule has 21 heavy (non-hydrogen) atoms. The minimum Gasteiger partial charge on any atom is -0.437 e. The predicted molar refractivity (Wildman–Crippen MR) is 72.5 cm³/mol. The van der Waals surface area contributed by atoms with Crippen molar-refractivity contribution in [2.75, 3.05) is 0 Å². The van der Waals surface area contributed by atoms with Gasteiger partial charge in [0.15, 0.2) is 5.84 Å². The Morgan fingerprint density at radius 3 is 2.71 bits per heavy atom. The summed E-state index contributed by atoms with van der Waals surface area (Å²) < 4.78 is 5.42. The Labute approximate surface area is 118 Å². The number of hydrogen-bond donors (Lipinski definition) is 2. The molecule has 2 aromatic rings. The fraction of sp³-hybridized carbons (Fsp3) is 0.0833. The molecule has 1 aromatic heterocycles. The van der Waals surface area contributed by atoms with E-state index in [1.165, 1.54) is 30.6 Å². The fourth-order valence-corrected chi connectivity index (χ4v) is 1.57. The average molecular weight is 289 g/mol. The number of aryl methyl sites for hydroxylation is 1. The first kappa shape index (κ1) is 14.2. The van der Waals surface area contributed by atoms with Crippen LogP contribution in [0.5, 0.6) is 11.6 Å². The van der Waals surface area contributed by atoms with Gasteiger partial charge in [0.2, 0.25) is 5.88 Å². The lowest BCUT2D eigenvalue weighted by Crippen LogP contribution is -2.15. The van der Waals surface area contributed by atoms with E-state index in [0.29, 0.717) is 11.3 Å². The Morgan fingerprint density at radius 1 is 1.43 bits per heavy atom. The summed E-state index contributed by atoms with van der Waals surface area (Å²) in [5.41, 5.74) is 6.03. The minimum absolute atomic E-state index is 0.00992. The lowest BCUT2D eigenvalue weighted by Gasteiger charge is -2.06. The van der Waals surface area contributed by atoms with E-state index in [-0.39, 0.29) is 23.1 Å². The van der Waals surface area contributed by atoms with Gasteiger partial charge in [-0.2, -0.15) is 0 Å². The normalized spacial score (nSPS) is 11.2. The molecule has 0 atom stereocenters. The molecule has 0 unspecified atom stereocenters. The van der Waals surface area contributed by atoms with E-state index >= 15 is 0 Å². The maximum absolute atomic E-state index is 10.7. The highest BCUT2D eigenvalue weighted by Crippen LogP contribution is 2.25. The van der Waals surface area contributed by atoms with Crippen LogP contribution in [-0.4, -0.2) is 25.9 Å². The lowest BCUT2D eigenvalue weighted by atomic mass is 10.2. The smallest absolute Gasteiger partial charge is 0.272 e. The Bertz CT molecular complexity index is 699. The number of rotatable bonds is 4. The third-order valence-electron chi connectivity index (χ3n) is 2.59. The van der Waals surface area contributed by atoms with Gasteiger partial charge in [-0.25, -0.2) is 9.97 Å². The Kier molecular flexibility index (Phi) is 3.93.